The second-order valence-electron chi connectivity index (χ2n) is 3.66. The molecule has 0 unspecified atom stereocenters. The van der Waals surface area contributed by atoms with E-state index in [2.05, 4.69) is 6.07 Å². The van der Waals surface area contributed by atoms with E-state index in [1.165, 1.54) is 11.8 Å². The van der Waals surface area contributed by atoms with Gasteiger partial charge in [-0.15, -0.1) is 0 Å². The van der Waals surface area contributed by atoms with E-state index in [1.54, 1.807) is 6.92 Å². The Kier molecular flexibility index (Phi) is 5.51. The second kappa shape index (κ2) is 6.93. The Labute approximate surface area is 106 Å². The minimum Gasteiger partial charge on any atom is -0.288 e. The second-order valence-corrected chi connectivity index (χ2v) is 4.93. The van der Waals surface area contributed by atoms with Crippen LogP contribution in [0, 0.1) is 18.3 Å². The van der Waals surface area contributed by atoms with Crippen molar-refractivity contribution in [2.45, 2.75) is 20.3 Å². The standard InChI is InChI=1S/C14H15NOS/c1-11-13(7-5-8-14(11)10-15)6-3-4-9-17-12(2)16/h3,5-8H,4,9H2,1-2H3. The first-order valence-electron chi connectivity index (χ1n) is 5.44. The molecular formula is C14H15NOS. The first kappa shape index (κ1) is 13.5. The van der Waals surface area contributed by atoms with Gasteiger partial charge in [-0.05, 0) is 30.5 Å². The third-order valence-corrected chi connectivity index (χ3v) is 3.23. The highest BCUT2D eigenvalue weighted by atomic mass is 32.2. The van der Waals surface area contributed by atoms with Gasteiger partial charge in [-0.2, -0.15) is 5.26 Å². The average molecular weight is 245 g/mol. The molecule has 0 amide bonds. The van der Waals surface area contributed by atoms with Crippen molar-refractivity contribution in [3.05, 3.63) is 41.0 Å². The first-order valence-corrected chi connectivity index (χ1v) is 6.43. The summed E-state index contributed by atoms with van der Waals surface area (Å²) in [5.41, 5.74) is 2.78. The third-order valence-electron chi connectivity index (χ3n) is 2.38. The molecule has 1 aromatic rings. The summed E-state index contributed by atoms with van der Waals surface area (Å²) in [6.45, 7) is 3.53. The van der Waals surface area contributed by atoms with Crippen LogP contribution in [-0.2, 0) is 4.79 Å². The summed E-state index contributed by atoms with van der Waals surface area (Å²) in [5.74, 6) is 0.808. The minimum atomic E-state index is 0.154. The highest BCUT2D eigenvalue weighted by molar-refractivity contribution is 8.13. The Bertz CT molecular complexity index is 472. The topological polar surface area (TPSA) is 40.9 Å². The lowest BCUT2D eigenvalue weighted by molar-refractivity contribution is -0.109. The van der Waals surface area contributed by atoms with Gasteiger partial charge in [-0.1, -0.05) is 36.0 Å². The molecule has 0 bridgehead atoms. The zero-order chi connectivity index (χ0) is 12.7. The van der Waals surface area contributed by atoms with E-state index in [0.29, 0.717) is 5.56 Å². The number of benzene rings is 1. The molecule has 0 saturated carbocycles. The number of rotatable bonds is 4. The molecule has 0 aromatic heterocycles. The lowest BCUT2D eigenvalue weighted by Gasteiger charge is -2.01. The number of hydrogen-bond donors (Lipinski definition) is 0. The van der Waals surface area contributed by atoms with Crippen molar-refractivity contribution in [1.29, 1.82) is 5.26 Å². The Morgan fingerprint density at radius 3 is 2.94 bits per heavy atom. The van der Waals surface area contributed by atoms with Crippen molar-refractivity contribution in [2.75, 3.05) is 5.75 Å². The first-order chi connectivity index (χ1) is 8.15. The predicted molar refractivity (Wildman–Crippen MR) is 72.7 cm³/mol. The van der Waals surface area contributed by atoms with E-state index in [0.717, 1.165) is 23.3 Å². The van der Waals surface area contributed by atoms with Crippen LogP contribution < -0.4 is 0 Å². The summed E-state index contributed by atoms with van der Waals surface area (Å²) in [6, 6.07) is 7.86. The molecule has 0 radical (unpaired) electrons. The van der Waals surface area contributed by atoms with E-state index >= 15 is 0 Å². The average Bonchev–Trinajstić information content (AvgIpc) is 2.30. The number of nitriles is 1. The highest BCUT2D eigenvalue weighted by Crippen LogP contribution is 2.15. The summed E-state index contributed by atoms with van der Waals surface area (Å²) in [4.78, 5) is 10.7. The molecule has 0 aliphatic heterocycles. The minimum absolute atomic E-state index is 0.154. The van der Waals surface area contributed by atoms with E-state index < -0.39 is 0 Å². The fraction of sp³-hybridized carbons (Fsp3) is 0.286. The quantitative estimate of drug-likeness (QED) is 0.762. The van der Waals surface area contributed by atoms with Crippen molar-refractivity contribution in [3.8, 4) is 6.07 Å². The van der Waals surface area contributed by atoms with E-state index in [1.807, 2.05) is 37.3 Å². The van der Waals surface area contributed by atoms with Gasteiger partial charge >= 0.3 is 0 Å². The number of carbonyl (C=O) groups excluding carboxylic acids is 1. The SMILES string of the molecule is CC(=O)SCCC=Cc1cccc(C#N)c1C. The monoisotopic (exact) mass is 245 g/mol. The van der Waals surface area contributed by atoms with Gasteiger partial charge in [-0.3, -0.25) is 4.79 Å². The molecule has 88 valence electrons. The molecule has 0 heterocycles. The van der Waals surface area contributed by atoms with E-state index in [4.69, 9.17) is 5.26 Å². The number of nitrogens with zero attached hydrogens (tertiary/aromatic N) is 1. The van der Waals surface area contributed by atoms with Gasteiger partial charge in [0.1, 0.15) is 0 Å². The highest BCUT2D eigenvalue weighted by Gasteiger charge is 1.99. The molecule has 17 heavy (non-hydrogen) atoms. The van der Waals surface area contributed by atoms with Crippen LogP contribution in [0.1, 0.15) is 30.0 Å². The zero-order valence-electron chi connectivity index (χ0n) is 10.1. The van der Waals surface area contributed by atoms with Crippen LogP contribution in [0.3, 0.4) is 0 Å². The summed E-state index contributed by atoms with van der Waals surface area (Å²) in [6.07, 6.45) is 4.91. The van der Waals surface area contributed by atoms with Crippen LogP contribution in [0.25, 0.3) is 6.08 Å². The molecule has 0 aliphatic carbocycles. The summed E-state index contributed by atoms with van der Waals surface area (Å²) in [5, 5.41) is 9.05. The molecule has 0 atom stereocenters. The van der Waals surface area contributed by atoms with Crippen LogP contribution >= 0.6 is 11.8 Å². The molecule has 1 aromatic carbocycles. The number of thioether (sulfide) groups is 1. The fourth-order valence-electron chi connectivity index (χ4n) is 1.44. The van der Waals surface area contributed by atoms with Crippen LogP contribution in [0.2, 0.25) is 0 Å². The Morgan fingerprint density at radius 2 is 2.29 bits per heavy atom. The smallest absolute Gasteiger partial charge is 0.185 e. The Hall–Kier alpha value is -1.53. The maximum atomic E-state index is 10.7. The van der Waals surface area contributed by atoms with E-state index in [-0.39, 0.29) is 5.12 Å². The van der Waals surface area contributed by atoms with Gasteiger partial charge in [0.05, 0.1) is 11.6 Å². The molecule has 1 rings (SSSR count). The predicted octanol–water partition coefficient (Wildman–Crippen LogP) is 3.55. The molecule has 0 saturated heterocycles. The maximum absolute atomic E-state index is 10.7. The van der Waals surface area contributed by atoms with Crippen molar-refractivity contribution < 1.29 is 4.79 Å². The van der Waals surface area contributed by atoms with Gasteiger partial charge in [0.2, 0.25) is 0 Å². The van der Waals surface area contributed by atoms with Crippen LogP contribution in [0.15, 0.2) is 24.3 Å². The number of hydrogen-bond acceptors (Lipinski definition) is 3. The van der Waals surface area contributed by atoms with Gasteiger partial charge in [0.15, 0.2) is 5.12 Å². The molecule has 0 fully saturated rings. The lowest BCUT2D eigenvalue weighted by Crippen LogP contribution is -1.87. The fourth-order valence-corrected chi connectivity index (χ4v) is 1.98. The van der Waals surface area contributed by atoms with Crippen LogP contribution in [-0.4, -0.2) is 10.9 Å². The van der Waals surface area contributed by atoms with Gasteiger partial charge in [0, 0.05) is 12.7 Å². The van der Waals surface area contributed by atoms with Gasteiger partial charge in [-0.25, -0.2) is 0 Å². The molecule has 0 N–H and O–H groups in total. The third kappa shape index (κ3) is 4.46. The maximum Gasteiger partial charge on any atom is 0.185 e. The largest absolute Gasteiger partial charge is 0.288 e. The summed E-state index contributed by atoms with van der Waals surface area (Å²) >= 11 is 1.34. The van der Waals surface area contributed by atoms with Gasteiger partial charge < -0.3 is 0 Å². The summed E-state index contributed by atoms with van der Waals surface area (Å²) in [7, 11) is 0. The summed E-state index contributed by atoms with van der Waals surface area (Å²) < 4.78 is 0. The molecule has 2 nitrogen and oxygen atoms in total. The normalized spacial score (nSPS) is 10.4. The molecular weight excluding hydrogens is 230 g/mol. The number of allylic oxidation sites excluding steroid dienone is 1. The lowest BCUT2D eigenvalue weighted by atomic mass is 10.0. The van der Waals surface area contributed by atoms with Crippen molar-refractivity contribution >= 4 is 23.0 Å². The molecule has 3 heteroatoms. The van der Waals surface area contributed by atoms with Crippen molar-refractivity contribution in [3.63, 3.8) is 0 Å². The molecule has 0 aliphatic rings. The van der Waals surface area contributed by atoms with Gasteiger partial charge in [0.25, 0.3) is 0 Å². The zero-order valence-corrected chi connectivity index (χ0v) is 10.9. The van der Waals surface area contributed by atoms with Crippen LogP contribution in [0.4, 0.5) is 0 Å². The van der Waals surface area contributed by atoms with E-state index in [9.17, 15) is 4.79 Å². The van der Waals surface area contributed by atoms with Crippen molar-refractivity contribution in [2.24, 2.45) is 0 Å². The Morgan fingerprint density at radius 1 is 1.53 bits per heavy atom. The number of carbonyl (C=O) groups is 1. The van der Waals surface area contributed by atoms with Crippen molar-refractivity contribution in [1.82, 2.24) is 0 Å². The molecule has 0 spiro atoms. The Balaban J connectivity index is 2.60. The van der Waals surface area contributed by atoms with Crippen LogP contribution in [0.5, 0.6) is 0 Å².